The molecule has 1 aliphatic rings. The number of fused-ring (bicyclic) bond motifs is 3. The second kappa shape index (κ2) is 4.13. The number of rotatable bonds is 0. The molecule has 0 aliphatic heterocycles. The van der Waals surface area contributed by atoms with Crippen molar-refractivity contribution in [3.63, 3.8) is 0 Å². The number of ketones is 2. The van der Waals surface area contributed by atoms with Crippen molar-refractivity contribution in [1.82, 2.24) is 0 Å². The summed E-state index contributed by atoms with van der Waals surface area (Å²) < 4.78 is 0. The lowest BCUT2D eigenvalue weighted by molar-refractivity contribution is 0.0979. The summed E-state index contributed by atoms with van der Waals surface area (Å²) in [5.74, 6) is -0.126. The maximum Gasteiger partial charge on any atom is 0.194 e. The summed E-state index contributed by atoms with van der Waals surface area (Å²) in [6, 6.07) is 16.9. The highest BCUT2D eigenvalue weighted by Gasteiger charge is 2.29. The van der Waals surface area contributed by atoms with Crippen molar-refractivity contribution in [3.8, 4) is 0 Å². The van der Waals surface area contributed by atoms with E-state index in [1.54, 1.807) is 12.1 Å². The number of hydrogen-bond acceptors (Lipinski definition) is 2. The van der Waals surface area contributed by atoms with E-state index in [-0.39, 0.29) is 11.6 Å². The molecule has 0 saturated heterocycles. The first-order valence-electron chi connectivity index (χ1n) is 6.88. The van der Waals surface area contributed by atoms with Gasteiger partial charge < -0.3 is 0 Å². The Bertz CT molecular complexity index is 935. The fourth-order valence-corrected chi connectivity index (χ4v) is 2.95. The van der Waals surface area contributed by atoms with Gasteiger partial charge in [-0.15, -0.1) is 0 Å². The molecule has 3 aromatic carbocycles. The molecule has 0 fully saturated rings. The second-order valence-electron chi connectivity index (χ2n) is 5.45. The maximum atomic E-state index is 12.7. The van der Waals surface area contributed by atoms with E-state index < -0.39 is 0 Å². The van der Waals surface area contributed by atoms with Gasteiger partial charge in [0.1, 0.15) is 0 Å². The van der Waals surface area contributed by atoms with Crippen molar-refractivity contribution < 1.29 is 9.59 Å². The molecule has 1 aliphatic carbocycles. The Morgan fingerprint density at radius 1 is 0.619 bits per heavy atom. The van der Waals surface area contributed by atoms with Crippen LogP contribution in [-0.4, -0.2) is 11.6 Å². The zero-order chi connectivity index (χ0) is 14.6. The molecule has 0 heterocycles. The fourth-order valence-electron chi connectivity index (χ4n) is 2.95. The first-order chi connectivity index (χ1) is 10.1. The zero-order valence-electron chi connectivity index (χ0n) is 11.5. The third-order valence-electron chi connectivity index (χ3n) is 4.04. The molecule has 0 spiro atoms. The average molecular weight is 272 g/mol. The van der Waals surface area contributed by atoms with Crippen molar-refractivity contribution in [2.45, 2.75) is 6.92 Å². The molecule has 0 radical (unpaired) electrons. The van der Waals surface area contributed by atoms with Gasteiger partial charge in [0.2, 0.25) is 0 Å². The molecule has 0 N–H and O–H groups in total. The van der Waals surface area contributed by atoms with E-state index >= 15 is 0 Å². The number of carbonyl (C=O) groups excluding carboxylic acids is 2. The van der Waals surface area contributed by atoms with Crippen LogP contribution in [0.4, 0.5) is 0 Å². The summed E-state index contributed by atoms with van der Waals surface area (Å²) in [7, 11) is 0. The lowest BCUT2D eigenvalue weighted by Crippen LogP contribution is -2.21. The van der Waals surface area contributed by atoms with Crippen LogP contribution >= 0.6 is 0 Å². The van der Waals surface area contributed by atoms with Crippen molar-refractivity contribution >= 4 is 22.3 Å². The number of aryl methyl sites for hydroxylation is 1. The van der Waals surface area contributed by atoms with Crippen molar-refractivity contribution in [2.75, 3.05) is 0 Å². The van der Waals surface area contributed by atoms with E-state index in [0.29, 0.717) is 22.3 Å². The van der Waals surface area contributed by atoms with Crippen LogP contribution in [0.2, 0.25) is 0 Å². The normalized spacial score (nSPS) is 13.2. The van der Waals surface area contributed by atoms with Crippen molar-refractivity contribution in [3.05, 3.63) is 82.4 Å². The van der Waals surface area contributed by atoms with Gasteiger partial charge in [0, 0.05) is 22.3 Å². The molecule has 100 valence electrons. The van der Waals surface area contributed by atoms with E-state index in [4.69, 9.17) is 0 Å². The van der Waals surface area contributed by atoms with E-state index in [2.05, 4.69) is 0 Å². The fraction of sp³-hybridized carbons (Fsp3) is 0.0526. The lowest BCUT2D eigenvalue weighted by atomic mass is 9.82. The molecule has 0 atom stereocenters. The van der Waals surface area contributed by atoms with Crippen LogP contribution in [0.15, 0.2) is 54.6 Å². The Kier molecular flexibility index (Phi) is 2.36. The SMILES string of the molecule is Cc1ccc2c(c1)C(=O)c1cc3ccccc3cc1C2=O. The van der Waals surface area contributed by atoms with Crippen LogP contribution in [0.3, 0.4) is 0 Å². The van der Waals surface area contributed by atoms with E-state index in [0.717, 1.165) is 16.3 Å². The van der Waals surface area contributed by atoms with Gasteiger partial charge in [0.15, 0.2) is 11.6 Å². The third-order valence-corrected chi connectivity index (χ3v) is 4.04. The summed E-state index contributed by atoms with van der Waals surface area (Å²) in [5.41, 5.74) is 3.03. The van der Waals surface area contributed by atoms with Gasteiger partial charge in [-0.05, 0) is 35.9 Å². The number of carbonyl (C=O) groups is 2. The molecule has 0 aromatic heterocycles. The van der Waals surface area contributed by atoms with Gasteiger partial charge in [0.05, 0.1) is 0 Å². The first-order valence-corrected chi connectivity index (χ1v) is 6.88. The van der Waals surface area contributed by atoms with Crippen LogP contribution in [0.5, 0.6) is 0 Å². The summed E-state index contributed by atoms with van der Waals surface area (Å²) in [5, 5.41) is 1.96. The molecule has 2 nitrogen and oxygen atoms in total. The zero-order valence-corrected chi connectivity index (χ0v) is 11.5. The molecule has 2 heteroatoms. The van der Waals surface area contributed by atoms with Gasteiger partial charge in [0.25, 0.3) is 0 Å². The predicted octanol–water partition coefficient (Wildman–Crippen LogP) is 3.92. The van der Waals surface area contributed by atoms with E-state index in [1.165, 1.54) is 0 Å². The summed E-state index contributed by atoms with van der Waals surface area (Å²) in [6.07, 6.45) is 0. The molecular formula is C19H12O2. The standard InChI is InChI=1S/C19H12O2/c1-11-6-7-14-15(8-11)19(21)17-10-13-5-3-2-4-12(13)9-16(17)18(14)20/h2-10H,1H3. The van der Waals surface area contributed by atoms with Crippen molar-refractivity contribution in [1.29, 1.82) is 0 Å². The average Bonchev–Trinajstić information content (AvgIpc) is 2.51. The maximum absolute atomic E-state index is 12.7. The topological polar surface area (TPSA) is 34.1 Å². The van der Waals surface area contributed by atoms with E-state index in [1.807, 2.05) is 49.4 Å². The van der Waals surface area contributed by atoms with Crippen LogP contribution in [0.25, 0.3) is 10.8 Å². The number of benzene rings is 3. The quantitative estimate of drug-likeness (QED) is 0.486. The Labute approximate surface area is 122 Å². The van der Waals surface area contributed by atoms with Gasteiger partial charge in [-0.2, -0.15) is 0 Å². The molecule has 21 heavy (non-hydrogen) atoms. The van der Waals surface area contributed by atoms with Crippen molar-refractivity contribution in [2.24, 2.45) is 0 Å². The Hall–Kier alpha value is -2.74. The minimum Gasteiger partial charge on any atom is -0.289 e. The lowest BCUT2D eigenvalue weighted by Gasteiger charge is -2.18. The molecular weight excluding hydrogens is 260 g/mol. The minimum absolute atomic E-state index is 0.0611. The Balaban J connectivity index is 2.06. The van der Waals surface area contributed by atoms with Crippen LogP contribution < -0.4 is 0 Å². The van der Waals surface area contributed by atoms with Gasteiger partial charge in [-0.25, -0.2) is 0 Å². The smallest absolute Gasteiger partial charge is 0.194 e. The summed E-state index contributed by atoms with van der Waals surface area (Å²) in [4.78, 5) is 25.4. The molecule has 3 aromatic rings. The van der Waals surface area contributed by atoms with Gasteiger partial charge in [-0.1, -0.05) is 42.0 Å². The highest BCUT2D eigenvalue weighted by atomic mass is 16.1. The van der Waals surface area contributed by atoms with Gasteiger partial charge in [-0.3, -0.25) is 9.59 Å². The van der Waals surface area contributed by atoms with Crippen LogP contribution in [-0.2, 0) is 0 Å². The Morgan fingerprint density at radius 2 is 1.14 bits per heavy atom. The van der Waals surface area contributed by atoms with E-state index in [9.17, 15) is 9.59 Å². The third kappa shape index (κ3) is 1.66. The predicted molar refractivity (Wildman–Crippen MR) is 82.0 cm³/mol. The highest BCUT2D eigenvalue weighted by molar-refractivity contribution is 6.29. The summed E-state index contributed by atoms with van der Waals surface area (Å²) in [6.45, 7) is 1.92. The number of hydrogen-bond donors (Lipinski definition) is 0. The van der Waals surface area contributed by atoms with Crippen LogP contribution in [0.1, 0.15) is 37.4 Å². The van der Waals surface area contributed by atoms with Gasteiger partial charge >= 0.3 is 0 Å². The Morgan fingerprint density at radius 3 is 1.76 bits per heavy atom. The molecule has 0 bridgehead atoms. The first kappa shape index (κ1) is 12.0. The minimum atomic E-state index is -0.0645. The highest BCUT2D eigenvalue weighted by Crippen LogP contribution is 2.31. The monoisotopic (exact) mass is 272 g/mol. The molecule has 0 unspecified atom stereocenters. The molecule has 4 rings (SSSR count). The van der Waals surface area contributed by atoms with Crippen LogP contribution in [0, 0.1) is 6.92 Å². The second-order valence-corrected chi connectivity index (χ2v) is 5.45. The molecule has 0 amide bonds. The molecule has 0 saturated carbocycles. The summed E-state index contributed by atoms with van der Waals surface area (Å²) >= 11 is 0. The largest absolute Gasteiger partial charge is 0.289 e.